The third kappa shape index (κ3) is 2.54. The zero-order chi connectivity index (χ0) is 15.0. The molecule has 1 saturated heterocycles. The molecule has 2 amide bonds. The Morgan fingerprint density at radius 1 is 1.38 bits per heavy atom. The van der Waals surface area contributed by atoms with Gasteiger partial charge in [0, 0.05) is 18.9 Å². The summed E-state index contributed by atoms with van der Waals surface area (Å²) in [5, 5.41) is 7.10. The van der Waals surface area contributed by atoms with Crippen molar-refractivity contribution in [2.24, 2.45) is 5.92 Å². The molecule has 2 aliphatic rings. The molecule has 2 fully saturated rings. The van der Waals surface area contributed by atoms with Gasteiger partial charge in [-0.25, -0.2) is 0 Å². The molecular weight excluding hydrogens is 268 g/mol. The van der Waals surface area contributed by atoms with Gasteiger partial charge in [0.2, 0.25) is 11.8 Å². The van der Waals surface area contributed by atoms with Crippen molar-refractivity contribution in [1.29, 1.82) is 0 Å². The average molecular weight is 290 g/mol. The monoisotopic (exact) mass is 290 g/mol. The molecule has 2 unspecified atom stereocenters. The molecule has 2 heterocycles. The van der Waals surface area contributed by atoms with E-state index in [2.05, 4.69) is 10.4 Å². The minimum absolute atomic E-state index is 0.00177. The lowest BCUT2D eigenvalue weighted by molar-refractivity contribution is -0.155. The molecule has 0 spiro atoms. The summed E-state index contributed by atoms with van der Waals surface area (Å²) < 4.78 is 1.80. The van der Waals surface area contributed by atoms with Crippen molar-refractivity contribution in [3.63, 3.8) is 0 Å². The third-order valence-electron chi connectivity index (χ3n) is 4.64. The van der Waals surface area contributed by atoms with Crippen LogP contribution in [0.5, 0.6) is 0 Å². The molecule has 1 N–H and O–H groups in total. The van der Waals surface area contributed by atoms with Crippen LogP contribution in [0.2, 0.25) is 0 Å². The molecular formula is C15H22N4O2. The second kappa shape index (κ2) is 5.16. The van der Waals surface area contributed by atoms with Crippen molar-refractivity contribution < 1.29 is 9.59 Å². The number of carbonyl (C=O) groups excluding carboxylic acids is 2. The lowest BCUT2D eigenvalue weighted by atomic mass is 9.90. The summed E-state index contributed by atoms with van der Waals surface area (Å²) in [6, 6.07) is 1.56. The van der Waals surface area contributed by atoms with Gasteiger partial charge >= 0.3 is 0 Å². The van der Waals surface area contributed by atoms with Gasteiger partial charge in [-0.15, -0.1) is 0 Å². The minimum Gasteiger partial charge on any atom is -0.340 e. The van der Waals surface area contributed by atoms with Crippen molar-refractivity contribution in [1.82, 2.24) is 20.0 Å². The van der Waals surface area contributed by atoms with Gasteiger partial charge in [-0.05, 0) is 38.2 Å². The largest absolute Gasteiger partial charge is 0.340 e. The van der Waals surface area contributed by atoms with Gasteiger partial charge in [-0.2, -0.15) is 5.10 Å². The molecule has 21 heavy (non-hydrogen) atoms. The van der Waals surface area contributed by atoms with Crippen molar-refractivity contribution >= 4 is 11.8 Å². The Balaban J connectivity index is 1.80. The first kappa shape index (κ1) is 14.1. The van der Waals surface area contributed by atoms with Gasteiger partial charge in [-0.1, -0.05) is 6.92 Å². The highest BCUT2D eigenvalue weighted by atomic mass is 16.2. The number of aromatic nitrogens is 2. The molecule has 6 nitrogen and oxygen atoms in total. The van der Waals surface area contributed by atoms with Gasteiger partial charge in [-0.3, -0.25) is 14.3 Å². The van der Waals surface area contributed by atoms with E-state index in [4.69, 9.17) is 0 Å². The SMILES string of the molecule is CCC1(C)NC(=O)C(C2CC2)N(CCn2cccn2)C1=O. The smallest absolute Gasteiger partial charge is 0.248 e. The van der Waals surface area contributed by atoms with E-state index < -0.39 is 5.54 Å². The molecule has 0 radical (unpaired) electrons. The maximum atomic E-state index is 12.8. The Bertz CT molecular complexity index is 538. The van der Waals surface area contributed by atoms with E-state index >= 15 is 0 Å². The van der Waals surface area contributed by atoms with Crippen LogP contribution in [0, 0.1) is 5.92 Å². The van der Waals surface area contributed by atoms with Crippen LogP contribution in [-0.4, -0.2) is 44.6 Å². The Hall–Kier alpha value is -1.85. The van der Waals surface area contributed by atoms with Crippen LogP contribution in [0.4, 0.5) is 0 Å². The lowest BCUT2D eigenvalue weighted by Crippen LogP contribution is -2.69. The molecule has 1 aromatic rings. The van der Waals surface area contributed by atoms with E-state index in [1.54, 1.807) is 15.8 Å². The first-order valence-corrected chi connectivity index (χ1v) is 7.65. The van der Waals surface area contributed by atoms with Gasteiger partial charge in [0.15, 0.2) is 0 Å². The summed E-state index contributed by atoms with van der Waals surface area (Å²) in [7, 11) is 0. The molecule has 0 bridgehead atoms. The summed E-state index contributed by atoms with van der Waals surface area (Å²) in [6.07, 6.45) is 6.27. The number of hydrogen-bond acceptors (Lipinski definition) is 3. The first-order chi connectivity index (χ1) is 10.0. The van der Waals surface area contributed by atoms with Crippen LogP contribution >= 0.6 is 0 Å². The van der Waals surface area contributed by atoms with Crippen LogP contribution in [0.1, 0.15) is 33.1 Å². The second-order valence-corrected chi connectivity index (χ2v) is 6.22. The van der Waals surface area contributed by atoms with Crippen LogP contribution in [0.25, 0.3) is 0 Å². The number of piperazine rings is 1. The number of carbonyl (C=O) groups is 2. The third-order valence-corrected chi connectivity index (χ3v) is 4.64. The highest BCUT2D eigenvalue weighted by Gasteiger charge is 2.51. The van der Waals surface area contributed by atoms with Gasteiger partial charge in [0.05, 0.1) is 6.54 Å². The van der Waals surface area contributed by atoms with Gasteiger partial charge < -0.3 is 10.2 Å². The summed E-state index contributed by atoms with van der Waals surface area (Å²) in [6.45, 7) is 4.90. The zero-order valence-electron chi connectivity index (χ0n) is 12.6. The summed E-state index contributed by atoms with van der Waals surface area (Å²) >= 11 is 0. The normalized spacial score (nSPS) is 29.6. The molecule has 3 rings (SSSR count). The van der Waals surface area contributed by atoms with Gasteiger partial charge in [0.25, 0.3) is 0 Å². The predicted molar refractivity (Wildman–Crippen MR) is 77.3 cm³/mol. The number of amides is 2. The first-order valence-electron chi connectivity index (χ1n) is 7.65. The fourth-order valence-corrected chi connectivity index (χ4v) is 2.99. The topological polar surface area (TPSA) is 67.2 Å². The fourth-order valence-electron chi connectivity index (χ4n) is 2.99. The molecule has 0 aromatic carbocycles. The Morgan fingerprint density at radius 2 is 2.14 bits per heavy atom. The average Bonchev–Trinajstić information content (AvgIpc) is 3.16. The lowest BCUT2D eigenvalue weighted by Gasteiger charge is -2.44. The van der Waals surface area contributed by atoms with E-state index in [1.807, 2.05) is 26.1 Å². The highest BCUT2D eigenvalue weighted by molar-refractivity contribution is 5.99. The summed E-state index contributed by atoms with van der Waals surface area (Å²) in [5.74, 6) is 0.364. The molecule has 1 aliphatic carbocycles. The number of hydrogen-bond donors (Lipinski definition) is 1. The fraction of sp³-hybridized carbons (Fsp3) is 0.667. The van der Waals surface area contributed by atoms with E-state index in [9.17, 15) is 9.59 Å². The number of nitrogens with zero attached hydrogens (tertiary/aromatic N) is 3. The van der Waals surface area contributed by atoms with Gasteiger partial charge in [0.1, 0.15) is 11.6 Å². The summed E-state index contributed by atoms with van der Waals surface area (Å²) in [5.41, 5.74) is -0.771. The van der Waals surface area contributed by atoms with Crippen molar-refractivity contribution in [2.75, 3.05) is 6.54 Å². The molecule has 114 valence electrons. The van der Waals surface area contributed by atoms with Crippen LogP contribution < -0.4 is 5.32 Å². The van der Waals surface area contributed by atoms with E-state index in [1.165, 1.54) is 0 Å². The number of rotatable bonds is 5. The molecule has 1 aromatic heterocycles. The van der Waals surface area contributed by atoms with Crippen LogP contribution in [-0.2, 0) is 16.1 Å². The Labute approximate surface area is 124 Å². The van der Waals surface area contributed by atoms with Crippen molar-refractivity contribution in [3.8, 4) is 0 Å². The standard InChI is InChI=1S/C15H22N4O2/c1-3-15(2)14(21)19(10-9-18-8-4-7-16-18)12(11-5-6-11)13(20)17-15/h4,7-8,11-12H,3,5-6,9-10H2,1-2H3,(H,17,20). The van der Waals surface area contributed by atoms with Crippen molar-refractivity contribution in [2.45, 2.75) is 51.2 Å². The van der Waals surface area contributed by atoms with E-state index in [-0.39, 0.29) is 17.9 Å². The second-order valence-electron chi connectivity index (χ2n) is 6.22. The Kier molecular flexibility index (Phi) is 3.47. The predicted octanol–water partition coefficient (Wildman–Crippen LogP) is 0.789. The van der Waals surface area contributed by atoms with Crippen LogP contribution in [0.3, 0.4) is 0 Å². The summed E-state index contributed by atoms with van der Waals surface area (Å²) in [4.78, 5) is 27.0. The maximum Gasteiger partial charge on any atom is 0.248 e. The Morgan fingerprint density at radius 3 is 2.71 bits per heavy atom. The molecule has 1 aliphatic heterocycles. The molecule has 6 heteroatoms. The zero-order valence-corrected chi connectivity index (χ0v) is 12.6. The maximum absolute atomic E-state index is 12.8. The highest BCUT2D eigenvalue weighted by Crippen LogP contribution is 2.38. The van der Waals surface area contributed by atoms with Crippen molar-refractivity contribution in [3.05, 3.63) is 18.5 Å². The molecule has 1 saturated carbocycles. The minimum atomic E-state index is -0.771. The molecule has 2 atom stereocenters. The van der Waals surface area contributed by atoms with E-state index in [0.29, 0.717) is 25.4 Å². The quantitative estimate of drug-likeness (QED) is 0.872. The number of nitrogens with one attached hydrogen (secondary N) is 1. The van der Waals surface area contributed by atoms with Crippen LogP contribution in [0.15, 0.2) is 18.5 Å². The van der Waals surface area contributed by atoms with E-state index in [0.717, 1.165) is 12.8 Å².